The second-order valence-electron chi connectivity index (χ2n) is 6.40. The first-order valence-corrected chi connectivity index (χ1v) is 10.4. The van der Waals surface area contributed by atoms with Crippen molar-refractivity contribution >= 4 is 33.5 Å². The van der Waals surface area contributed by atoms with Gasteiger partial charge in [-0.25, -0.2) is 22.6 Å². The molecule has 1 heterocycles. The maximum Gasteiger partial charge on any atom is 0.334 e. The van der Waals surface area contributed by atoms with Gasteiger partial charge in [0, 0.05) is 6.07 Å². The summed E-state index contributed by atoms with van der Waals surface area (Å²) in [6.45, 7) is 1.84. The number of amides is 2. The number of anilines is 1. The molecule has 0 unspecified atom stereocenters. The van der Waals surface area contributed by atoms with E-state index in [0.717, 1.165) is 31.4 Å². The molecule has 1 fully saturated rings. The van der Waals surface area contributed by atoms with E-state index in [0.29, 0.717) is 5.82 Å². The molecule has 26 heavy (non-hydrogen) atoms. The zero-order valence-electron chi connectivity index (χ0n) is 14.4. The molecule has 1 saturated carbocycles. The predicted octanol–water partition coefficient (Wildman–Crippen LogP) is 3.86. The van der Waals surface area contributed by atoms with E-state index in [4.69, 9.17) is 11.6 Å². The van der Waals surface area contributed by atoms with Gasteiger partial charge in [0.25, 0.3) is 10.0 Å². The quantitative estimate of drug-likeness (QED) is 0.820. The minimum atomic E-state index is -4.06. The molecule has 0 radical (unpaired) electrons. The van der Waals surface area contributed by atoms with E-state index in [2.05, 4.69) is 10.4 Å². The van der Waals surface area contributed by atoms with Crippen LogP contribution in [0.15, 0.2) is 35.2 Å². The molecule has 0 bridgehead atoms. The predicted molar refractivity (Wildman–Crippen MR) is 99.9 cm³/mol. The van der Waals surface area contributed by atoms with Crippen molar-refractivity contribution in [1.29, 1.82) is 0 Å². The van der Waals surface area contributed by atoms with Crippen molar-refractivity contribution in [3.05, 3.63) is 41.0 Å². The Morgan fingerprint density at radius 1 is 1.23 bits per heavy atom. The highest BCUT2D eigenvalue weighted by Gasteiger charge is 2.23. The lowest BCUT2D eigenvalue weighted by atomic mass is 9.96. The van der Waals surface area contributed by atoms with Gasteiger partial charge in [0.1, 0.15) is 10.7 Å². The van der Waals surface area contributed by atoms with Crippen molar-refractivity contribution in [2.24, 2.45) is 0 Å². The van der Waals surface area contributed by atoms with Gasteiger partial charge in [-0.1, -0.05) is 43.0 Å². The molecule has 2 N–H and O–H groups in total. The number of hydrogen-bond donors (Lipinski definition) is 2. The zero-order valence-corrected chi connectivity index (χ0v) is 16.0. The summed E-state index contributed by atoms with van der Waals surface area (Å²) in [7, 11) is -4.06. The minimum absolute atomic E-state index is 0.0518. The molecule has 1 aromatic carbocycles. The van der Waals surface area contributed by atoms with Gasteiger partial charge in [-0.2, -0.15) is 5.10 Å². The average Bonchev–Trinajstić information content (AvgIpc) is 2.95. The summed E-state index contributed by atoms with van der Waals surface area (Å²) in [4.78, 5) is 12.1. The number of aryl methyl sites for hydroxylation is 1. The largest absolute Gasteiger partial charge is 0.334 e. The van der Waals surface area contributed by atoms with E-state index < -0.39 is 16.1 Å². The molecule has 1 aliphatic rings. The molecule has 0 spiro atoms. The summed E-state index contributed by atoms with van der Waals surface area (Å²) in [6.07, 6.45) is 5.44. The summed E-state index contributed by atoms with van der Waals surface area (Å²) in [5.74, 6) is 0.487. The van der Waals surface area contributed by atoms with Gasteiger partial charge in [-0.15, -0.1) is 0 Å². The van der Waals surface area contributed by atoms with Gasteiger partial charge in [0.2, 0.25) is 0 Å². The summed E-state index contributed by atoms with van der Waals surface area (Å²) >= 11 is 5.92. The summed E-state index contributed by atoms with van der Waals surface area (Å²) < 4.78 is 28.5. The van der Waals surface area contributed by atoms with Crippen molar-refractivity contribution in [3.8, 4) is 0 Å². The number of halogens is 1. The number of sulfonamides is 1. The average molecular weight is 397 g/mol. The van der Waals surface area contributed by atoms with Gasteiger partial charge in [0.15, 0.2) is 0 Å². The normalized spacial score (nSPS) is 15.6. The molecular formula is C17H21ClN4O3S. The topological polar surface area (TPSA) is 93.1 Å². The molecule has 0 aliphatic heterocycles. The lowest BCUT2D eigenvalue weighted by Gasteiger charge is -2.24. The Kier molecular flexibility index (Phi) is 5.52. The molecule has 0 atom stereocenters. The highest BCUT2D eigenvalue weighted by atomic mass is 35.5. The number of nitrogens with zero attached hydrogens (tertiary/aromatic N) is 2. The number of nitrogens with one attached hydrogen (secondary N) is 2. The fourth-order valence-electron chi connectivity index (χ4n) is 3.20. The van der Waals surface area contributed by atoms with Crippen molar-refractivity contribution in [1.82, 2.24) is 14.5 Å². The number of urea groups is 1. The third-order valence-corrected chi connectivity index (χ3v) is 6.20. The number of carbonyl (C=O) groups is 1. The maximum absolute atomic E-state index is 12.4. The van der Waals surface area contributed by atoms with Crippen LogP contribution in [0, 0.1) is 6.92 Å². The number of rotatable bonds is 4. The van der Waals surface area contributed by atoms with E-state index >= 15 is 0 Å². The van der Waals surface area contributed by atoms with Crippen LogP contribution in [0.1, 0.15) is 43.8 Å². The van der Waals surface area contributed by atoms with Crippen LogP contribution in [0.4, 0.5) is 10.6 Å². The van der Waals surface area contributed by atoms with Gasteiger partial charge < -0.3 is 0 Å². The second kappa shape index (κ2) is 7.67. The minimum Gasteiger partial charge on any atom is -0.292 e. The first-order chi connectivity index (χ1) is 12.4. The van der Waals surface area contributed by atoms with Crippen LogP contribution in [-0.4, -0.2) is 24.2 Å². The Bertz CT molecular complexity index is 904. The summed E-state index contributed by atoms with van der Waals surface area (Å²) in [5.41, 5.74) is 0.764. The molecule has 7 nitrogen and oxygen atoms in total. The molecule has 1 aromatic heterocycles. The van der Waals surface area contributed by atoms with Crippen LogP contribution in [0.5, 0.6) is 0 Å². The third kappa shape index (κ3) is 4.19. The monoisotopic (exact) mass is 396 g/mol. The molecule has 3 rings (SSSR count). The molecular weight excluding hydrogens is 376 g/mol. The van der Waals surface area contributed by atoms with Gasteiger partial charge in [-0.05, 0) is 31.9 Å². The number of aromatic nitrogens is 2. The second-order valence-corrected chi connectivity index (χ2v) is 8.46. The fraction of sp³-hybridized carbons (Fsp3) is 0.412. The molecule has 1 aliphatic carbocycles. The molecule has 0 saturated heterocycles. The molecule has 9 heteroatoms. The van der Waals surface area contributed by atoms with Crippen molar-refractivity contribution in [3.63, 3.8) is 0 Å². The molecule has 2 aromatic rings. The van der Waals surface area contributed by atoms with Crippen LogP contribution in [0.25, 0.3) is 0 Å². The Balaban J connectivity index is 1.75. The maximum atomic E-state index is 12.4. The van der Waals surface area contributed by atoms with E-state index in [1.54, 1.807) is 22.9 Å². The van der Waals surface area contributed by atoms with Crippen LogP contribution in [0.3, 0.4) is 0 Å². The Morgan fingerprint density at radius 3 is 2.62 bits per heavy atom. The van der Waals surface area contributed by atoms with E-state index in [1.165, 1.54) is 18.6 Å². The molecule has 140 valence electrons. The van der Waals surface area contributed by atoms with Crippen LogP contribution in [-0.2, 0) is 10.0 Å². The van der Waals surface area contributed by atoms with E-state index in [-0.39, 0.29) is 16.0 Å². The van der Waals surface area contributed by atoms with Crippen molar-refractivity contribution in [2.75, 3.05) is 5.32 Å². The molecule has 2 amide bonds. The zero-order chi connectivity index (χ0) is 18.7. The number of hydrogen-bond acceptors (Lipinski definition) is 4. The van der Waals surface area contributed by atoms with Gasteiger partial charge >= 0.3 is 6.03 Å². The Morgan fingerprint density at radius 2 is 1.92 bits per heavy atom. The summed E-state index contributed by atoms with van der Waals surface area (Å²) in [5, 5.41) is 7.11. The number of benzene rings is 1. The van der Waals surface area contributed by atoms with Crippen LogP contribution in [0.2, 0.25) is 5.02 Å². The van der Waals surface area contributed by atoms with Gasteiger partial charge in [0.05, 0.1) is 16.8 Å². The first kappa shape index (κ1) is 18.7. The van der Waals surface area contributed by atoms with Crippen molar-refractivity contribution < 1.29 is 13.2 Å². The third-order valence-electron chi connectivity index (χ3n) is 4.37. The SMILES string of the molecule is Cc1cc(NC(=O)NS(=O)(=O)c2ccccc2Cl)n(C2CCCCC2)n1. The van der Waals surface area contributed by atoms with Crippen LogP contribution >= 0.6 is 11.6 Å². The lowest BCUT2D eigenvalue weighted by Crippen LogP contribution is -2.35. The van der Waals surface area contributed by atoms with Crippen LogP contribution < -0.4 is 10.0 Å². The van der Waals surface area contributed by atoms with Crippen molar-refractivity contribution in [2.45, 2.75) is 50.0 Å². The highest BCUT2D eigenvalue weighted by molar-refractivity contribution is 7.90. The first-order valence-electron chi connectivity index (χ1n) is 8.51. The lowest BCUT2D eigenvalue weighted by molar-refractivity contribution is 0.256. The highest BCUT2D eigenvalue weighted by Crippen LogP contribution is 2.30. The summed E-state index contributed by atoms with van der Waals surface area (Å²) in [6, 6.07) is 7.06. The Labute approximate surface area is 157 Å². The van der Waals surface area contributed by atoms with E-state index in [9.17, 15) is 13.2 Å². The fourth-order valence-corrected chi connectivity index (χ4v) is 4.62. The van der Waals surface area contributed by atoms with E-state index in [1.807, 2.05) is 11.6 Å². The number of carbonyl (C=O) groups excluding carboxylic acids is 1. The smallest absolute Gasteiger partial charge is 0.292 e. The van der Waals surface area contributed by atoms with Gasteiger partial charge in [-0.3, -0.25) is 5.32 Å². The Hall–Kier alpha value is -2.06. The standard InChI is InChI=1S/C17H21ClN4O3S/c1-12-11-16(22(20-12)13-7-3-2-4-8-13)19-17(23)21-26(24,25)15-10-6-5-9-14(15)18/h5-6,9-11,13H,2-4,7-8H2,1H3,(H2,19,21,23).